The number of carbonyl (C=O) groups is 3. The van der Waals surface area contributed by atoms with Crippen molar-refractivity contribution in [2.75, 3.05) is 11.3 Å². The third kappa shape index (κ3) is 6.52. The van der Waals surface area contributed by atoms with Gasteiger partial charge in [0.25, 0.3) is 15.9 Å². The molecule has 12 heteroatoms. The number of carbonyl (C=O) groups excluding carboxylic acids is 3. The maximum Gasteiger partial charge on any atom is 0.340 e. The Morgan fingerprint density at radius 3 is 2.48 bits per heavy atom. The highest BCUT2D eigenvalue weighted by Crippen LogP contribution is 2.28. The number of para-hydroxylation sites is 1. The molecule has 3 N–H and O–H groups in total. The Bertz CT molecular complexity index is 1080. The number of nitrogens with one attached hydrogen (secondary N) is 3. The van der Waals surface area contributed by atoms with Crippen molar-refractivity contribution in [3.05, 3.63) is 45.7 Å². The summed E-state index contributed by atoms with van der Waals surface area (Å²) in [6.07, 6.45) is 3.80. The zero-order valence-electron chi connectivity index (χ0n) is 16.2. The van der Waals surface area contributed by atoms with Crippen molar-refractivity contribution in [2.24, 2.45) is 0 Å². The van der Waals surface area contributed by atoms with Crippen LogP contribution in [-0.4, -0.2) is 39.0 Å². The largest absolute Gasteiger partial charge is 0.452 e. The van der Waals surface area contributed by atoms with Crippen LogP contribution in [0.3, 0.4) is 0 Å². The van der Waals surface area contributed by atoms with Gasteiger partial charge >= 0.3 is 12.0 Å². The van der Waals surface area contributed by atoms with E-state index in [-0.39, 0.29) is 21.5 Å². The Balaban J connectivity index is 1.58. The van der Waals surface area contributed by atoms with Crippen LogP contribution >= 0.6 is 27.3 Å². The summed E-state index contributed by atoms with van der Waals surface area (Å²) in [5, 5.41) is 4.80. The molecule has 1 aromatic carbocycles. The van der Waals surface area contributed by atoms with Crippen LogP contribution < -0.4 is 15.4 Å². The number of urea groups is 1. The van der Waals surface area contributed by atoms with Gasteiger partial charge in [-0.25, -0.2) is 18.0 Å². The number of hydrogen-bond acceptors (Lipinski definition) is 7. The van der Waals surface area contributed by atoms with E-state index < -0.39 is 34.5 Å². The minimum absolute atomic E-state index is 0.0106. The van der Waals surface area contributed by atoms with Crippen LogP contribution in [0.1, 0.15) is 36.0 Å². The second-order valence-corrected chi connectivity index (χ2v) is 11.2. The van der Waals surface area contributed by atoms with Gasteiger partial charge in [0.15, 0.2) is 6.61 Å². The van der Waals surface area contributed by atoms with E-state index in [1.54, 1.807) is 12.1 Å². The molecule has 1 aliphatic carbocycles. The van der Waals surface area contributed by atoms with E-state index in [0.717, 1.165) is 37.0 Å². The van der Waals surface area contributed by atoms with Crippen LogP contribution in [0.15, 0.2) is 44.4 Å². The van der Waals surface area contributed by atoms with Gasteiger partial charge in [-0.05, 0) is 53.0 Å². The number of imide groups is 1. The molecular formula is C19H20BrN3O6S2. The van der Waals surface area contributed by atoms with Gasteiger partial charge in [-0.3, -0.25) is 14.8 Å². The normalized spacial score (nSPS) is 14.1. The zero-order valence-corrected chi connectivity index (χ0v) is 19.4. The monoisotopic (exact) mass is 529 g/mol. The molecule has 3 rings (SSSR count). The van der Waals surface area contributed by atoms with Gasteiger partial charge in [0.2, 0.25) is 0 Å². The lowest BCUT2D eigenvalue weighted by Gasteiger charge is -2.13. The number of thiophene rings is 1. The average Bonchev–Trinajstić information content (AvgIpc) is 3.38. The van der Waals surface area contributed by atoms with Crippen molar-refractivity contribution < 1.29 is 27.5 Å². The Labute approximate surface area is 191 Å². The Morgan fingerprint density at radius 1 is 1.10 bits per heavy atom. The highest BCUT2D eigenvalue weighted by atomic mass is 79.9. The number of hydrogen-bond donors (Lipinski definition) is 3. The number of esters is 1. The fourth-order valence-electron chi connectivity index (χ4n) is 3.05. The molecule has 0 saturated heterocycles. The summed E-state index contributed by atoms with van der Waals surface area (Å²) in [5.41, 5.74) is -0.0543. The Hall–Kier alpha value is -2.44. The maximum atomic E-state index is 12.5. The molecule has 1 saturated carbocycles. The van der Waals surface area contributed by atoms with Crippen molar-refractivity contribution in [2.45, 2.75) is 35.9 Å². The molecule has 1 aromatic heterocycles. The van der Waals surface area contributed by atoms with Gasteiger partial charge in [-0.1, -0.05) is 25.0 Å². The van der Waals surface area contributed by atoms with Crippen LogP contribution in [0, 0.1) is 0 Å². The molecule has 0 unspecified atom stereocenters. The van der Waals surface area contributed by atoms with Crippen LogP contribution in [0.2, 0.25) is 0 Å². The van der Waals surface area contributed by atoms with Crippen molar-refractivity contribution in [3.8, 4) is 0 Å². The summed E-state index contributed by atoms with van der Waals surface area (Å²) in [6.45, 7) is -0.685. The Morgan fingerprint density at radius 2 is 1.81 bits per heavy atom. The topological polar surface area (TPSA) is 131 Å². The first-order valence-corrected chi connectivity index (χ1v) is 12.5. The molecule has 0 spiro atoms. The lowest BCUT2D eigenvalue weighted by molar-refractivity contribution is -0.123. The van der Waals surface area contributed by atoms with Gasteiger partial charge in [0, 0.05) is 6.04 Å². The zero-order chi connectivity index (χ0) is 22.4. The number of rotatable bonds is 7. The van der Waals surface area contributed by atoms with Crippen molar-refractivity contribution in [3.63, 3.8) is 0 Å². The molecule has 1 fully saturated rings. The van der Waals surface area contributed by atoms with Crippen LogP contribution in [0.4, 0.5) is 10.5 Å². The molecule has 9 nitrogen and oxygen atoms in total. The summed E-state index contributed by atoms with van der Waals surface area (Å²) in [6, 6.07) is 8.30. The molecule has 0 atom stereocenters. The molecule has 0 radical (unpaired) electrons. The van der Waals surface area contributed by atoms with E-state index in [0.29, 0.717) is 3.79 Å². The standard InChI is InChI=1S/C19H20BrN3O6S2/c20-15-9-10-17(30-15)31(27,28)23-14-8-4-3-7-13(14)18(25)29-11-16(24)22-19(26)21-12-5-1-2-6-12/h3-4,7-10,12,23H,1-2,5-6,11H2,(H2,21,22,24,26). The molecular weight excluding hydrogens is 510 g/mol. The van der Waals surface area contributed by atoms with Gasteiger partial charge < -0.3 is 10.1 Å². The number of sulfonamides is 1. The number of ether oxygens (including phenoxy) is 1. The van der Waals surface area contributed by atoms with Gasteiger partial charge in [-0.2, -0.15) is 0 Å². The second kappa shape index (κ2) is 10.2. The molecule has 0 bridgehead atoms. The summed E-state index contributed by atoms with van der Waals surface area (Å²) < 4.78 is 33.1. The number of halogens is 1. The van der Waals surface area contributed by atoms with Crippen LogP contribution in [0.5, 0.6) is 0 Å². The smallest absolute Gasteiger partial charge is 0.340 e. The van der Waals surface area contributed by atoms with E-state index in [1.807, 2.05) is 0 Å². The predicted octanol–water partition coefficient (Wildman–Crippen LogP) is 3.24. The molecule has 2 aromatic rings. The Kier molecular flexibility index (Phi) is 7.68. The molecule has 1 aliphatic rings. The number of anilines is 1. The van der Waals surface area contributed by atoms with Crippen molar-refractivity contribution in [1.82, 2.24) is 10.6 Å². The summed E-state index contributed by atoms with van der Waals surface area (Å²) in [5.74, 6) is -1.69. The lowest BCUT2D eigenvalue weighted by Crippen LogP contribution is -2.45. The highest BCUT2D eigenvalue weighted by Gasteiger charge is 2.22. The first-order valence-electron chi connectivity index (χ1n) is 9.39. The fourth-order valence-corrected chi connectivity index (χ4v) is 6.14. The van der Waals surface area contributed by atoms with Crippen molar-refractivity contribution >= 4 is 60.9 Å². The van der Waals surface area contributed by atoms with Crippen LogP contribution in [-0.2, 0) is 19.6 Å². The number of benzene rings is 1. The summed E-state index contributed by atoms with van der Waals surface area (Å²) in [7, 11) is -3.91. The van der Waals surface area contributed by atoms with Gasteiger partial charge in [0.1, 0.15) is 4.21 Å². The third-order valence-corrected chi connectivity index (χ3v) is 7.96. The van der Waals surface area contributed by atoms with E-state index in [1.165, 1.54) is 24.3 Å². The lowest BCUT2D eigenvalue weighted by atomic mass is 10.2. The second-order valence-electron chi connectivity index (χ2n) is 6.79. The summed E-state index contributed by atoms with van der Waals surface area (Å²) >= 11 is 4.23. The fraction of sp³-hybridized carbons (Fsp3) is 0.316. The molecule has 31 heavy (non-hydrogen) atoms. The first kappa shape index (κ1) is 23.2. The minimum Gasteiger partial charge on any atom is -0.452 e. The molecule has 0 aliphatic heterocycles. The quantitative estimate of drug-likeness (QED) is 0.472. The van der Waals surface area contributed by atoms with E-state index >= 15 is 0 Å². The molecule has 1 heterocycles. The molecule has 3 amide bonds. The third-order valence-electron chi connectivity index (χ3n) is 4.48. The SMILES string of the molecule is O=C(COC(=O)c1ccccc1NS(=O)(=O)c1ccc(Br)s1)NC(=O)NC1CCCC1. The predicted molar refractivity (Wildman–Crippen MR) is 118 cm³/mol. The maximum absolute atomic E-state index is 12.5. The minimum atomic E-state index is -3.91. The first-order chi connectivity index (χ1) is 14.7. The van der Waals surface area contributed by atoms with E-state index in [2.05, 4.69) is 31.3 Å². The van der Waals surface area contributed by atoms with Gasteiger partial charge in [0.05, 0.1) is 15.0 Å². The summed E-state index contributed by atoms with van der Waals surface area (Å²) in [4.78, 5) is 36.1. The van der Waals surface area contributed by atoms with E-state index in [4.69, 9.17) is 4.74 Å². The average molecular weight is 530 g/mol. The van der Waals surface area contributed by atoms with Crippen molar-refractivity contribution in [1.29, 1.82) is 0 Å². The number of amides is 3. The highest BCUT2D eigenvalue weighted by molar-refractivity contribution is 9.11. The van der Waals surface area contributed by atoms with Crippen LogP contribution in [0.25, 0.3) is 0 Å². The van der Waals surface area contributed by atoms with Gasteiger partial charge in [-0.15, -0.1) is 11.3 Å². The molecule has 166 valence electrons. The van der Waals surface area contributed by atoms with E-state index in [9.17, 15) is 22.8 Å².